The van der Waals surface area contributed by atoms with E-state index in [1.807, 2.05) is 4.90 Å². The van der Waals surface area contributed by atoms with Crippen LogP contribution in [0.2, 0.25) is 0 Å². The third-order valence-electron chi connectivity index (χ3n) is 5.00. The van der Waals surface area contributed by atoms with Crippen molar-refractivity contribution in [2.75, 3.05) is 32.8 Å². The SMILES string of the molecule is Cc1ccc(CCN(CC2CCCO2)C(=O)CNCC2CC2)cc1. The van der Waals surface area contributed by atoms with Crippen molar-refractivity contribution < 1.29 is 9.53 Å². The lowest BCUT2D eigenvalue weighted by Gasteiger charge is -2.26. The van der Waals surface area contributed by atoms with Gasteiger partial charge in [0, 0.05) is 19.7 Å². The summed E-state index contributed by atoms with van der Waals surface area (Å²) in [4.78, 5) is 14.6. The minimum absolute atomic E-state index is 0.207. The summed E-state index contributed by atoms with van der Waals surface area (Å²) < 4.78 is 5.74. The first-order chi connectivity index (χ1) is 11.7. The smallest absolute Gasteiger partial charge is 0.236 e. The fraction of sp³-hybridized carbons (Fsp3) is 0.650. The Labute approximate surface area is 145 Å². The molecule has 2 aliphatic rings. The molecular formula is C20H30N2O2. The van der Waals surface area contributed by atoms with E-state index in [4.69, 9.17) is 4.74 Å². The van der Waals surface area contributed by atoms with Crippen LogP contribution >= 0.6 is 0 Å². The Kier molecular flexibility index (Phi) is 6.27. The summed E-state index contributed by atoms with van der Waals surface area (Å²) in [5.74, 6) is 1.01. The lowest BCUT2D eigenvalue weighted by molar-refractivity contribution is -0.131. The first kappa shape index (κ1) is 17.4. The molecule has 132 valence electrons. The predicted molar refractivity (Wildman–Crippen MR) is 96.0 cm³/mol. The molecule has 1 aliphatic carbocycles. The number of carbonyl (C=O) groups is 1. The molecule has 0 aromatic heterocycles. The lowest BCUT2D eigenvalue weighted by atomic mass is 10.1. The largest absolute Gasteiger partial charge is 0.376 e. The second-order valence-electron chi connectivity index (χ2n) is 7.28. The van der Waals surface area contributed by atoms with Crippen molar-refractivity contribution >= 4 is 5.91 Å². The van der Waals surface area contributed by atoms with Crippen molar-refractivity contribution in [3.05, 3.63) is 35.4 Å². The number of hydrogen-bond acceptors (Lipinski definition) is 3. The summed E-state index contributed by atoms with van der Waals surface area (Å²) in [5, 5.41) is 3.33. The van der Waals surface area contributed by atoms with E-state index in [9.17, 15) is 4.79 Å². The summed E-state index contributed by atoms with van der Waals surface area (Å²) in [5.41, 5.74) is 2.56. The van der Waals surface area contributed by atoms with Crippen LogP contribution in [0.1, 0.15) is 36.8 Å². The average molecular weight is 330 g/mol. The predicted octanol–water partition coefficient (Wildman–Crippen LogP) is 2.54. The van der Waals surface area contributed by atoms with Gasteiger partial charge in [0.1, 0.15) is 0 Å². The van der Waals surface area contributed by atoms with Crippen molar-refractivity contribution in [2.24, 2.45) is 5.92 Å². The third kappa shape index (κ3) is 5.60. The Morgan fingerprint density at radius 2 is 2.04 bits per heavy atom. The van der Waals surface area contributed by atoms with Crippen molar-refractivity contribution in [1.82, 2.24) is 10.2 Å². The number of benzene rings is 1. The van der Waals surface area contributed by atoms with E-state index in [2.05, 4.69) is 36.5 Å². The Hall–Kier alpha value is -1.39. The number of aryl methyl sites for hydroxylation is 1. The quantitative estimate of drug-likeness (QED) is 0.756. The van der Waals surface area contributed by atoms with Gasteiger partial charge in [0.25, 0.3) is 0 Å². The number of amides is 1. The van der Waals surface area contributed by atoms with Gasteiger partial charge in [0.05, 0.1) is 12.6 Å². The Morgan fingerprint density at radius 3 is 2.71 bits per heavy atom. The number of hydrogen-bond donors (Lipinski definition) is 1. The molecule has 0 bridgehead atoms. The van der Waals surface area contributed by atoms with Gasteiger partial charge in [0.2, 0.25) is 5.91 Å². The van der Waals surface area contributed by atoms with Crippen LogP contribution in [0.25, 0.3) is 0 Å². The molecule has 1 unspecified atom stereocenters. The van der Waals surface area contributed by atoms with Crippen LogP contribution in [-0.2, 0) is 16.0 Å². The highest BCUT2D eigenvalue weighted by Crippen LogP contribution is 2.27. The van der Waals surface area contributed by atoms with Gasteiger partial charge < -0.3 is 15.0 Å². The van der Waals surface area contributed by atoms with Gasteiger partial charge in [-0.05, 0) is 57.1 Å². The molecule has 1 atom stereocenters. The molecule has 0 spiro atoms. The Balaban J connectivity index is 1.50. The Morgan fingerprint density at radius 1 is 1.25 bits per heavy atom. The van der Waals surface area contributed by atoms with E-state index in [0.717, 1.165) is 51.4 Å². The molecule has 3 rings (SSSR count). The minimum Gasteiger partial charge on any atom is -0.376 e. The molecule has 1 saturated heterocycles. The number of rotatable bonds is 9. The Bertz CT molecular complexity index is 519. The van der Waals surface area contributed by atoms with Crippen molar-refractivity contribution in [1.29, 1.82) is 0 Å². The molecule has 1 amide bonds. The highest BCUT2D eigenvalue weighted by molar-refractivity contribution is 5.78. The number of nitrogens with zero attached hydrogens (tertiary/aromatic N) is 1. The molecule has 1 saturated carbocycles. The first-order valence-corrected chi connectivity index (χ1v) is 9.36. The molecule has 1 N–H and O–H groups in total. The zero-order valence-electron chi connectivity index (χ0n) is 14.8. The topological polar surface area (TPSA) is 41.6 Å². The molecule has 0 radical (unpaired) electrons. The van der Waals surface area contributed by atoms with Crippen molar-refractivity contribution in [2.45, 2.75) is 45.1 Å². The van der Waals surface area contributed by atoms with Gasteiger partial charge in [-0.25, -0.2) is 0 Å². The molecule has 2 fully saturated rings. The number of ether oxygens (including phenoxy) is 1. The van der Waals surface area contributed by atoms with E-state index >= 15 is 0 Å². The van der Waals surface area contributed by atoms with Crippen molar-refractivity contribution in [3.63, 3.8) is 0 Å². The standard InChI is InChI=1S/C20H30N2O2/c1-16-4-6-17(7-5-16)10-11-22(15-19-3-2-12-24-19)20(23)14-21-13-18-8-9-18/h4-7,18-19,21H,2-3,8-15H2,1H3. The first-order valence-electron chi connectivity index (χ1n) is 9.36. The van der Waals surface area contributed by atoms with E-state index in [1.165, 1.54) is 24.0 Å². The monoisotopic (exact) mass is 330 g/mol. The maximum Gasteiger partial charge on any atom is 0.236 e. The molecule has 1 heterocycles. The highest BCUT2D eigenvalue weighted by Gasteiger charge is 2.24. The molecule has 24 heavy (non-hydrogen) atoms. The molecule has 1 aromatic rings. The van der Waals surface area contributed by atoms with E-state index in [0.29, 0.717) is 6.54 Å². The lowest BCUT2D eigenvalue weighted by Crippen LogP contribution is -2.43. The van der Waals surface area contributed by atoms with Crippen LogP contribution in [0.15, 0.2) is 24.3 Å². The molecular weight excluding hydrogens is 300 g/mol. The molecule has 4 heteroatoms. The summed E-state index contributed by atoms with van der Waals surface area (Å²) in [6, 6.07) is 8.60. The summed E-state index contributed by atoms with van der Waals surface area (Å²) in [6.07, 6.45) is 5.94. The fourth-order valence-electron chi connectivity index (χ4n) is 3.19. The summed E-state index contributed by atoms with van der Waals surface area (Å²) >= 11 is 0. The molecule has 4 nitrogen and oxygen atoms in total. The normalized spacial score (nSPS) is 20.3. The summed E-state index contributed by atoms with van der Waals surface area (Å²) in [7, 11) is 0. The minimum atomic E-state index is 0.207. The number of carbonyl (C=O) groups excluding carboxylic acids is 1. The van der Waals surface area contributed by atoms with Crippen molar-refractivity contribution in [3.8, 4) is 0 Å². The van der Waals surface area contributed by atoms with Crippen LogP contribution in [-0.4, -0.2) is 49.7 Å². The van der Waals surface area contributed by atoms with Gasteiger partial charge in [-0.2, -0.15) is 0 Å². The fourth-order valence-corrected chi connectivity index (χ4v) is 3.19. The van der Waals surface area contributed by atoms with Crippen LogP contribution in [0.4, 0.5) is 0 Å². The van der Waals surface area contributed by atoms with Crippen LogP contribution in [0.3, 0.4) is 0 Å². The van der Waals surface area contributed by atoms with Crippen LogP contribution in [0, 0.1) is 12.8 Å². The van der Waals surface area contributed by atoms with Crippen LogP contribution < -0.4 is 5.32 Å². The van der Waals surface area contributed by atoms with Crippen LogP contribution in [0.5, 0.6) is 0 Å². The van der Waals surface area contributed by atoms with Gasteiger partial charge in [-0.15, -0.1) is 0 Å². The third-order valence-corrected chi connectivity index (χ3v) is 5.00. The van der Waals surface area contributed by atoms with Gasteiger partial charge in [-0.1, -0.05) is 29.8 Å². The van der Waals surface area contributed by atoms with Gasteiger partial charge in [0.15, 0.2) is 0 Å². The second-order valence-corrected chi connectivity index (χ2v) is 7.28. The zero-order chi connectivity index (χ0) is 16.8. The second kappa shape index (κ2) is 8.63. The molecule has 1 aromatic carbocycles. The average Bonchev–Trinajstić information content (AvgIpc) is 3.26. The maximum atomic E-state index is 12.6. The van der Waals surface area contributed by atoms with E-state index in [1.54, 1.807) is 0 Å². The molecule has 1 aliphatic heterocycles. The van der Waals surface area contributed by atoms with Gasteiger partial charge in [-0.3, -0.25) is 4.79 Å². The van der Waals surface area contributed by atoms with Gasteiger partial charge >= 0.3 is 0 Å². The summed E-state index contributed by atoms with van der Waals surface area (Å²) in [6.45, 7) is 5.88. The van der Waals surface area contributed by atoms with E-state index < -0.39 is 0 Å². The highest BCUT2D eigenvalue weighted by atomic mass is 16.5. The zero-order valence-corrected chi connectivity index (χ0v) is 14.8. The maximum absolute atomic E-state index is 12.6. The van der Waals surface area contributed by atoms with E-state index in [-0.39, 0.29) is 12.0 Å². The number of nitrogens with one attached hydrogen (secondary N) is 1.